The summed E-state index contributed by atoms with van der Waals surface area (Å²) in [5.74, 6) is 1.36. The van der Waals surface area contributed by atoms with Gasteiger partial charge in [0.15, 0.2) is 0 Å². The number of fused-ring (bicyclic) bond motifs is 1. The number of carbonyl (C=O) groups excluding carboxylic acids is 1. The van der Waals surface area contributed by atoms with Gasteiger partial charge in [0.1, 0.15) is 11.8 Å². The number of nitriles is 1. The molecule has 0 unspecified atom stereocenters. The smallest absolute Gasteiger partial charge is 0.258 e. The minimum absolute atomic E-state index is 0.0318. The van der Waals surface area contributed by atoms with Gasteiger partial charge in [0, 0.05) is 24.2 Å². The lowest BCUT2D eigenvalue weighted by molar-refractivity contribution is -0.112. The lowest BCUT2D eigenvalue weighted by atomic mass is 9.94. The van der Waals surface area contributed by atoms with E-state index >= 15 is 0 Å². The van der Waals surface area contributed by atoms with E-state index in [4.69, 9.17) is 20.9 Å². The van der Waals surface area contributed by atoms with E-state index in [0.717, 1.165) is 29.7 Å². The highest BCUT2D eigenvalue weighted by Crippen LogP contribution is 2.31. The van der Waals surface area contributed by atoms with Gasteiger partial charge in [0.25, 0.3) is 5.89 Å². The number of halogens is 1. The third kappa shape index (κ3) is 4.61. The molecule has 158 valence electrons. The number of carbonyl (C=O) groups is 1. The molecule has 0 bridgehead atoms. The van der Waals surface area contributed by atoms with Crippen molar-refractivity contribution in [3.63, 3.8) is 0 Å². The number of nitrogens with zero attached hydrogens (tertiary/aromatic N) is 4. The Morgan fingerprint density at radius 1 is 1.35 bits per heavy atom. The molecule has 31 heavy (non-hydrogen) atoms. The minimum atomic E-state index is -0.357. The maximum Gasteiger partial charge on any atom is 0.258 e. The van der Waals surface area contributed by atoms with Crippen molar-refractivity contribution in [1.82, 2.24) is 15.0 Å². The van der Waals surface area contributed by atoms with Gasteiger partial charge >= 0.3 is 0 Å². The van der Waals surface area contributed by atoms with Crippen molar-refractivity contribution in [1.29, 1.82) is 5.26 Å². The Kier molecular flexibility index (Phi) is 6.03. The Bertz CT molecular complexity index is 1170. The maximum atomic E-state index is 11.2. The normalized spacial score (nSPS) is 13.6. The summed E-state index contributed by atoms with van der Waals surface area (Å²) in [4.78, 5) is 17.8. The summed E-state index contributed by atoms with van der Waals surface area (Å²) in [6.07, 6.45) is 0.731. The van der Waals surface area contributed by atoms with Crippen molar-refractivity contribution in [2.75, 3.05) is 13.1 Å². The molecule has 1 aliphatic heterocycles. The van der Waals surface area contributed by atoms with Crippen LogP contribution in [0.4, 0.5) is 0 Å². The highest BCUT2D eigenvalue weighted by Gasteiger charge is 2.23. The summed E-state index contributed by atoms with van der Waals surface area (Å²) < 4.78 is 11.2. The van der Waals surface area contributed by atoms with E-state index in [0.29, 0.717) is 35.1 Å². The molecule has 0 fully saturated rings. The standard InChI is InChI=1S/C23H21ClN4O3/c1-14(2)30-20-7-6-15(10-17(20)11-25)23-26-22(27-31-23)19-5-3-4-16-12-28(13-21(24)29)9-8-18(16)19/h3-7,10,14H,8-9,12-13H2,1-2H3. The highest BCUT2D eigenvalue weighted by molar-refractivity contribution is 6.64. The number of aromatic nitrogens is 2. The van der Waals surface area contributed by atoms with E-state index in [2.05, 4.69) is 16.2 Å². The summed E-state index contributed by atoms with van der Waals surface area (Å²) >= 11 is 5.54. The fourth-order valence-electron chi connectivity index (χ4n) is 3.75. The Labute approximate surface area is 185 Å². The van der Waals surface area contributed by atoms with Gasteiger partial charge in [0.2, 0.25) is 11.1 Å². The first kappa shape index (κ1) is 21.0. The molecule has 4 rings (SSSR count). The quantitative estimate of drug-likeness (QED) is 0.535. The molecule has 2 aromatic carbocycles. The zero-order valence-electron chi connectivity index (χ0n) is 17.3. The molecule has 0 spiro atoms. The molecule has 7 nitrogen and oxygen atoms in total. The minimum Gasteiger partial charge on any atom is -0.490 e. The molecule has 0 amide bonds. The van der Waals surface area contributed by atoms with E-state index in [1.165, 1.54) is 0 Å². The first-order valence-corrected chi connectivity index (χ1v) is 10.4. The topological polar surface area (TPSA) is 92.2 Å². The lowest BCUT2D eigenvalue weighted by Crippen LogP contribution is -2.33. The van der Waals surface area contributed by atoms with Gasteiger partial charge in [0.05, 0.1) is 18.2 Å². The second-order valence-corrected chi connectivity index (χ2v) is 8.09. The summed E-state index contributed by atoms with van der Waals surface area (Å²) in [7, 11) is 0. The van der Waals surface area contributed by atoms with Crippen molar-refractivity contribution >= 4 is 16.8 Å². The van der Waals surface area contributed by atoms with Crippen LogP contribution in [0.3, 0.4) is 0 Å². The SMILES string of the molecule is CC(C)Oc1ccc(-c2nc(-c3cccc4c3CCN(CC(=O)Cl)C4)no2)cc1C#N. The van der Waals surface area contributed by atoms with E-state index in [-0.39, 0.29) is 17.9 Å². The maximum absolute atomic E-state index is 11.2. The lowest BCUT2D eigenvalue weighted by Gasteiger charge is -2.28. The van der Waals surface area contributed by atoms with Crippen LogP contribution in [-0.4, -0.2) is 39.5 Å². The van der Waals surface area contributed by atoms with Crippen LogP contribution in [0, 0.1) is 11.3 Å². The summed E-state index contributed by atoms with van der Waals surface area (Å²) in [6, 6.07) is 13.3. The summed E-state index contributed by atoms with van der Waals surface area (Å²) in [5.41, 5.74) is 4.24. The van der Waals surface area contributed by atoms with E-state index in [1.54, 1.807) is 18.2 Å². The van der Waals surface area contributed by atoms with Gasteiger partial charge in [-0.15, -0.1) is 0 Å². The predicted octanol–water partition coefficient (Wildman–Crippen LogP) is 4.19. The summed E-state index contributed by atoms with van der Waals surface area (Å²) in [6.45, 7) is 5.43. The molecule has 0 atom stereocenters. The first-order valence-electron chi connectivity index (χ1n) is 10.0. The highest BCUT2D eigenvalue weighted by atomic mass is 35.5. The Morgan fingerprint density at radius 3 is 2.94 bits per heavy atom. The molecule has 3 aromatic rings. The molecular formula is C23H21ClN4O3. The van der Waals surface area contributed by atoms with Crippen molar-refractivity contribution in [2.45, 2.75) is 32.9 Å². The molecule has 0 aliphatic carbocycles. The largest absolute Gasteiger partial charge is 0.490 e. The van der Waals surface area contributed by atoms with Crippen LogP contribution in [0.25, 0.3) is 22.8 Å². The Morgan fingerprint density at radius 2 is 2.19 bits per heavy atom. The second kappa shape index (κ2) is 8.88. The molecule has 1 aromatic heterocycles. The van der Waals surface area contributed by atoms with Crippen molar-refractivity contribution in [3.05, 3.63) is 53.1 Å². The van der Waals surface area contributed by atoms with Crippen LogP contribution in [0.2, 0.25) is 0 Å². The molecule has 0 radical (unpaired) electrons. The van der Waals surface area contributed by atoms with Gasteiger partial charge in [-0.1, -0.05) is 23.4 Å². The van der Waals surface area contributed by atoms with Crippen LogP contribution in [-0.2, 0) is 17.8 Å². The van der Waals surface area contributed by atoms with Crippen LogP contribution in [0.1, 0.15) is 30.5 Å². The van der Waals surface area contributed by atoms with Gasteiger partial charge in [-0.05, 0) is 61.2 Å². The van der Waals surface area contributed by atoms with E-state index in [9.17, 15) is 10.1 Å². The zero-order valence-corrected chi connectivity index (χ0v) is 18.0. The molecule has 0 saturated carbocycles. The molecule has 1 aliphatic rings. The predicted molar refractivity (Wildman–Crippen MR) is 115 cm³/mol. The van der Waals surface area contributed by atoms with Crippen molar-refractivity contribution in [3.8, 4) is 34.7 Å². The number of benzene rings is 2. The van der Waals surface area contributed by atoms with Gasteiger partial charge in [-0.25, -0.2) is 0 Å². The third-order valence-corrected chi connectivity index (χ3v) is 5.19. The molecular weight excluding hydrogens is 416 g/mol. The van der Waals surface area contributed by atoms with Gasteiger partial charge < -0.3 is 9.26 Å². The molecule has 8 heteroatoms. The summed E-state index contributed by atoms with van der Waals surface area (Å²) in [5, 5.41) is 13.3. The third-order valence-electron chi connectivity index (χ3n) is 5.07. The fraction of sp³-hybridized carbons (Fsp3) is 0.304. The molecule has 2 heterocycles. The van der Waals surface area contributed by atoms with Crippen molar-refractivity contribution in [2.24, 2.45) is 0 Å². The van der Waals surface area contributed by atoms with Crippen LogP contribution in [0.15, 0.2) is 40.9 Å². The van der Waals surface area contributed by atoms with Gasteiger partial charge in [-0.3, -0.25) is 9.69 Å². The number of hydrogen-bond acceptors (Lipinski definition) is 7. The average molecular weight is 437 g/mol. The number of ether oxygens (including phenoxy) is 1. The Hall–Kier alpha value is -3.21. The fourth-order valence-corrected chi connectivity index (χ4v) is 3.91. The van der Waals surface area contributed by atoms with E-state index in [1.807, 2.05) is 36.9 Å². The van der Waals surface area contributed by atoms with Crippen LogP contribution >= 0.6 is 11.6 Å². The molecule has 0 saturated heterocycles. The molecule has 0 N–H and O–H groups in total. The Balaban J connectivity index is 1.62. The average Bonchev–Trinajstić information content (AvgIpc) is 3.22. The second-order valence-electron chi connectivity index (χ2n) is 7.67. The van der Waals surface area contributed by atoms with Crippen molar-refractivity contribution < 1.29 is 14.1 Å². The number of hydrogen-bond donors (Lipinski definition) is 0. The van der Waals surface area contributed by atoms with Gasteiger partial charge in [-0.2, -0.15) is 10.2 Å². The van der Waals surface area contributed by atoms with Crippen LogP contribution in [0.5, 0.6) is 5.75 Å². The monoisotopic (exact) mass is 436 g/mol. The van der Waals surface area contributed by atoms with E-state index < -0.39 is 0 Å². The number of rotatable bonds is 6. The van der Waals surface area contributed by atoms with Crippen LogP contribution < -0.4 is 4.74 Å². The zero-order chi connectivity index (χ0) is 22.0. The first-order chi connectivity index (χ1) is 14.9.